The SMILES string of the molecule is CN(C(=O)CN1C(=O)COc2ccc(Cl)cc21)C1CCCCC1. The minimum absolute atomic E-state index is 0.0303. The van der Waals surface area contributed by atoms with Crippen molar-refractivity contribution in [3.05, 3.63) is 23.2 Å². The quantitative estimate of drug-likeness (QED) is 0.852. The third kappa shape index (κ3) is 3.44. The molecule has 6 heteroatoms. The van der Waals surface area contributed by atoms with Crippen molar-refractivity contribution in [2.45, 2.75) is 38.1 Å². The summed E-state index contributed by atoms with van der Waals surface area (Å²) < 4.78 is 5.40. The molecule has 3 rings (SSSR count). The van der Waals surface area contributed by atoms with E-state index in [1.165, 1.54) is 11.3 Å². The van der Waals surface area contributed by atoms with Gasteiger partial charge in [-0.05, 0) is 31.0 Å². The molecular weight excluding hydrogens is 316 g/mol. The first kappa shape index (κ1) is 16.1. The van der Waals surface area contributed by atoms with Crippen LogP contribution >= 0.6 is 11.6 Å². The predicted molar refractivity (Wildman–Crippen MR) is 88.9 cm³/mol. The lowest BCUT2D eigenvalue weighted by molar-refractivity contribution is -0.133. The van der Waals surface area contributed by atoms with Crippen LogP contribution in [0.4, 0.5) is 5.69 Å². The summed E-state index contributed by atoms with van der Waals surface area (Å²) >= 11 is 6.02. The number of rotatable bonds is 3. The average Bonchev–Trinajstić information content (AvgIpc) is 2.57. The Balaban J connectivity index is 1.75. The summed E-state index contributed by atoms with van der Waals surface area (Å²) in [6.07, 6.45) is 5.66. The number of ether oxygens (including phenoxy) is 1. The highest BCUT2D eigenvalue weighted by Crippen LogP contribution is 2.34. The zero-order valence-corrected chi connectivity index (χ0v) is 14.0. The van der Waals surface area contributed by atoms with Gasteiger partial charge in [-0.1, -0.05) is 30.9 Å². The topological polar surface area (TPSA) is 49.9 Å². The maximum atomic E-state index is 12.6. The van der Waals surface area contributed by atoms with Gasteiger partial charge in [-0.25, -0.2) is 0 Å². The minimum atomic E-state index is -0.217. The Kier molecular flexibility index (Phi) is 4.76. The number of likely N-dealkylation sites (N-methyl/N-ethyl adjacent to an activating group) is 1. The van der Waals surface area contributed by atoms with E-state index in [2.05, 4.69) is 0 Å². The van der Waals surface area contributed by atoms with Gasteiger partial charge in [0.15, 0.2) is 6.61 Å². The van der Waals surface area contributed by atoms with Crippen molar-refractivity contribution < 1.29 is 14.3 Å². The van der Waals surface area contributed by atoms with Crippen molar-refractivity contribution in [2.24, 2.45) is 0 Å². The van der Waals surface area contributed by atoms with Gasteiger partial charge < -0.3 is 9.64 Å². The Bertz CT molecular complexity index is 614. The monoisotopic (exact) mass is 336 g/mol. The van der Waals surface area contributed by atoms with E-state index in [1.54, 1.807) is 23.1 Å². The summed E-state index contributed by atoms with van der Waals surface area (Å²) in [4.78, 5) is 28.1. The van der Waals surface area contributed by atoms with Gasteiger partial charge in [-0.15, -0.1) is 0 Å². The summed E-state index contributed by atoms with van der Waals surface area (Å²) in [5, 5.41) is 0.514. The van der Waals surface area contributed by atoms with E-state index >= 15 is 0 Å². The van der Waals surface area contributed by atoms with Gasteiger partial charge in [0.2, 0.25) is 5.91 Å². The molecule has 1 aliphatic heterocycles. The van der Waals surface area contributed by atoms with Crippen LogP contribution in [0, 0.1) is 0 Å². The number of amides is 2. The Morgan fingerprint density at radius 1 is 1.35 bits per heavy atom. The maximum absolute atomic E-state index is 12.6. The molecule has 5 nitrogen and oxygen atoms in total. The van der Waals surface area contributed by atoms with E-state index in [9.17, 15) is 9.59 Å². The number of hydrogen-bond donors (Lipinski definition) is 0. The molecular formula is C17H21ClN2O3. The van der Waals surface area contributed by atoms with Crippen molar-refractivity contribution >= 4 is 29.1 Å². The van der Waals surface area contributed by atoms with E-state index in [0.29, 0.717) is 16.5 Å². The molecule has 0 radical (unpaired) electrons. The van der Waals surface area contributed by atoms with Crippen LogP contribution in [-0.2, 0) is 9.59 Å². The van der Waals surface area contributed by atoms with Gasteiger partial charge in [0.25, 0.3) is 5.91 Å². The molecule has 1 aliphatic carbocycles. The molecule has 0 unspecified atom stereocenters. The van der Waals surface area contributed by atoms with Crippen LogP contribution in [0.5, 0.6) is 5.75 Å². The zero-order valence-electron chi connectivity index (χ0n) is 13.3. The zero-order chi connectivity index (χ0) is 16.4. The van der Waals surface area contributed by atoms with Gasteiger partial charge in [-0.2, -0.15) is 0 Å². The molecule has 0 atom stereocenters. The summed E-state index contributed by atoms with van der Waals surface area (Å²) in [6, 6.07) is 5.39. The van der Waals surface area contributed by atoms with Crippen LogP contribution in [0.15, 0.2) is 18.2 Å². The van der Waals surface area contributed by atoms with E-state index in [1.807, 2.05) is 7.05 Å². The second kappa shape index (κ2) is 6.79. The summed E-state index contributed by atoms with van der Waals surface area (Å²) in [7, 11) is 1.84. The molecule has 2 amide bonds. The molecule has 1 heterocycles. The molecule has 0 bridgehead atoms. The fourth-order valence-electron chi connectivity index (χ4n) is 3.27. The maximum Gasteiger partial charge on any atom is 0.265 e. The smallest absolute Gasteiger partial charge is 0.265 e. The van der Waals surface area contributed by atoms with E-state index in [-0.39, 0.29) is 31.0 Å². The molecule has 1 saturated carbocycles. The third-order valence-electron chi connectivity index (χ3n) is 4.67. The Hall–Kier alpha value is -1.75. The van der Waals surface area contributed by atoms with Crippen LogP contribution in [0.1, 0.15) is 32.1 Å². The number of fused-ring (bicyclic) bond motifs is 1. The standard InChI is InChI=1S/C17H21ClN2O3/c1-19(13-5-3-2-4-6-13)16(21)10-20-14-9-12(18)7-8-15(14)23-11-17(20)22/h7-9,13H,2-6,10-11H2,1H3. The number of carbonyl (C=O) groups is 2. The van der Waals surface area contributed by atoms with Crippen molar-refractivity contribution in [3.8, 4) is 5.75 Å². The molecule has 0 aromatic heterocycles. The first-order chi connectivity index (χ1) is 11.1. The van der Waals surface area contributed by atoms with Gasteiger partial charge >= 0.3 is 0 Å². The fraction of sp³-hybridized carbons (Fsp3) is 0.529. The number of anilines is 1. The average molecular weight is 337 g/mol. The summed E-state index contributed by atoms with van der Waals surface area (Å²) in [5.74, 6) is 0.324. The molecule has 1 aromatic carbocycles. The third-order valence-corrected chi connectivity index (χ3v) is 4.91. The summed E-state index contributed by atoms with van der Waals surface area (Å²) in [6.45, 7) is -0.0163. The Morgan fingerprint density at radius 2 is 2.09 bits per heavy atom. The minimum Gasteiger partial charge on any atom is -0.482 e. The van der Waals surface area contributed by atoms with Gasteiger partial charge in [0.1, 0.15) is 12.3 Å². The molecule has 0 spiro atoms. The second-order valence-electron chi connectivity index (χ2n) is 6.18. The van der Waals surface area contributed by atoms with Crippen LogP contribution in [-0.4, -0.2) is 43.0 Å². The molecule has 0 N–H and O–H groups in total. The van der Waals surface area contributed by atoms with Crippen molar-refractivity contribution in [2.75, 3.05) is 25.1 Å². The molecule has 124 valence electrons. The highest BCUT2D eigenvalue weighted by atomic mass is 35.5. The first-order valence-corrected chi connectivity index (χ1v) is 8.42. The number of halogens is 1. The molecule has 1 fully saturated rings. The molecule has 0 saturated heterocycles. The van der Waals surface area contributed by atoms with E-state index < -0.39 is 0 Å². The van der Waals surface area contributed by atoms with Crippen LogP contribution in [0.25, 0.3) is 0 Å². The Labute approximate surface area is 141 Å². The van der Waals surface area contributed by atoms with Crippen LogP contribution < -0.4 is 9.64 Å². The number of nitrogens with zero attached hydrogens (tertiary/aromatic N) is 2. The van der Waals surface area contributed by atoms with E-state index in [0.717, 1.165) is 25.7 Å². The summed E-state index contributed by atoms with van der Waals surface area (Å²) in [5.41, 5.74) is 0.569. The van der Waals surface area contributed by atoms with Gasteiger partial charge in [-0.3, -0.25) is 14.5 Å². The lowest BCUT2D eigenvalue weighted by Gasteiger charge is -2.34. The Morgan fingerprint density at radius 3 is 2.83 bits per heavy atom. The molecule has 2 aliphatic rings. The highest BCUT2D eigenvalue weighted by Gasteiger charge is 2.30. The fourth-order valence-corrected chi connectivity index (χ4v) is 3.43. The van der Waals surface area contributed by atoms with Gasteiger partial charge in [0, 0.05) is 18.1 Å². The van der Waals surface area contributed by atoms with Gasteiger partial charge in [0.05, 0.1) is 5.69 Å². The lowest BCUT2D eigenvalue weighted by atomic mass is 9.94. The predicted octanol–water partition coefficient (Wildman–Crippen LogP) is 2.86. The van der Waals surface area contributed by atoms with Crippen LogP contribution in [0.2, 0.25) is 5.02 Å². The van der Waals surface area contributed by atoms with Crippen LogP contribution in [0.3, 0.4) is 0 Å². The molecule has 23 heavy (non-hydrogen) atoms. The van der Waals surface area contributed by atoms with Crippen molar-refractivity contribution in [1.82, 2.24) is 4.90 Å². The second-order valence-corrected chi connectivity index (χ2v) is 6.61. The van der Waals surface area contributed by atoms with Crippen molar-refractivity contribution in [1.29, 1.82) is 0 Å². The number of carbonyl (C=O) groups excluding carboxylic acids is 2. The highest BCUT2D eigenvalue weighted by molar-refractivity contribution is 6.31. The first-order valence-electron chi connectivity index (χ1n) is 8.04. The lowest BCUT2D eigenvalue weighted by Crippen LogP contribution is -2.48. The number of hydrogen-bond acceptors (Lipinski definition) is 3. The molecule has 1 aromatic rings. The normalized spacial score (nSPS) is 18.3. The number of benzene rings is 1. The largest absolute Gasteiger partial charge is 0.482 e. The van der Waals surface area contributed by atoms with E-state index in [4.69, 9.17) is 16.3 Å². The van der Waals surface area contributed by atoms with Crippen molar-refractivity contribution in [3.63, 3.8) is 0 Å².